The Kier molecular flexibility index (Phi) is 3.22. The van der Waals surface area contributed by atoms with Crippen LogP contribution in [0.15, 0.2) is 18.2 Å². The smallest absolute Gasteiger partial charge is 0.119 e. The SMILES string of the molecule is CCOc1ccc2c(c1)C(O)C(C)SC2. The zero-order valence-corrected chi connectivity index (χ0v) is 9.88. The number of fused-ring (bicyclic) bond motifs is 1. The van der Waals surface area contributed by atoms with Crippen molar-refractivity contribution in [2.75, 3.05) is 6.61 Å². The third-order valence-electron chi connectivity index (χ3n) is 2.69. The first-order chi connectivity index (χ1) is 7.22. The van der Waals surface area contributed by atoms with Gasteiger partial charge in [0.25, 0.3) is 0 Å². The van der Waals surface area contributed by atoms with Crippen LogP contribution in [-0.2, 0) is 5.75 Å². The predicted octanol–water partition coefficient (Wildman–Crippen LogP) is 2.75. The summed E-state index contributed by atoms with van der Waals surface area (Å²) in [4.78, 5) is 0. The summed E-state index contributed by atoms with van der Waals surface area (Å²) in [5, 5.41) is 10.3. The van der Waals surface area contributed by atoms with E-state index in [1.165, 1.54) is 5.56 Å². The number of benzene rings is 1. The first-order valence-electron chi connectivity index (χ1n) is 5.27. The fourth-order valence-electron chi connectivity index (χ4n) is 1.80. The lowest BCUT2D eigenvalue weighted by molar-refractivity contribution is 0.176. The van der Waals surface area contributed by atoms with Gasteiger partial charge >= 0.3 is 0 Å². The second kappa shape index (κ2) is 4.45. The fourth-order valence-corrected chi connectivity index (χ4v) is 2.84. The maximum absolute atomic E-state index is 10.0. The van der Waals surface area contributed by atoms with Crippen LogP contribution in [0.25, 0.3) is 0 Å². The highest BCUT2D eigenvalue weighted by Crippen LogP contribution is 2.38. The van der Waals surface area contributed by atoms with Gasteiger partial charge in [0.15, 0.2) is 0 Å². The summed E-state index contributed by atoms with van der Waals surface area (Å²) in [6.07, 6.45) is -0.362. The van der Waals surface area contributed by atoms with Crippen LogP contribution in [0.2, 0.25) is 0 Å². The van der Waals surface area contributed by atoms with Gasteiger partial charge in [0, 0.05) is 11.0 Å². The van der Waals surface area contributed by atoms with E-state index in [1.807, 2.05) is 19.1 Å². The van der Waals surface area contributed by atoms with Crippen molar-refractivity contribution in [3.8, 4) is 5.75 Å². The highest BCUT2D eigenvalue weighted by molar-refractivity contribution is 7.99. The minimum Gasteiger partial charge on any atom is -0.494 e. The highest BCUT2D eigenvalue weighted by atomic mass is 32.2. The summed E-state index contributed by atoms with van der Waals surface area (Å²) in [6, 6.07) is 6.01. The summed E-state index contributed by atoms with van der Waals surface area (Å²) < 4.78 is 5.44. The Morgan fingerprint density at radius 3 is 3.07 bits per heavy atom. The molecule has 0 fully saturated rings. The number of aliphatic hydroxyl groups excluding tert-OH is 1. The van der Waals surface area contributed by atoms with Crippen molar-refractivity contribution in [1.82, 2.24) is 0 Å². The van der Waals surface area contributed by atoms with Gasteiger partial charge in [-0.15, -0.1) is 0 Å². The van der Waals surface area contributed by atoms with Crippen molar-refractivity contribution < 1.29 is 9.84 Å². The third kappa shape index (κ3) is 2.13. The predicted molar refractivity (Wildman–Crippen MR) is 63.3 cm³/mol. The number of ether oxygens (including phenoxy) is 1. The van der Waals surface area contributed by atoms with Crippen molar-refractivity contribution in [1.29, 1.82) is 0 Å². The Labute approximate surface area is 94.6 Å². The molecule has 2 nitrogen and oxygen atoms in total. The van der Waals surface area contributed by atoms with E-state index >= 15 is 0 Å². The number of hydrogen-bond donors (Lipinski definition) is 1. The van der Waals surface area contributed by atoms with Crippen LogP contribution >= 0.6 is 11.8 Å². The molecule has 1 aromatic carbocycles. The molecule has 0 saturated carbocycles. The molecule has 15 heavy (non-hydrogen) atoms. The molecular weight excluding hydrogens is 208 g/mol. The van der Waals surface area contributed by atoms with Gasteiger partial charge in [-0.2, -0.15) is 11.8 Å². The average molecular weight is 224 g/mol. The normalized spacial score (nSPS) is 24.7. The Hall–Kier alpha value is -0.670. The maximum atomic E-state index is 10.0. The monoisotopic (exact) mass is 224 g/mol. The van der Waals surface area contributed by atoms with Crippen LogP contribution in [-0.4, -0.2) is 17.0 Å². The molecule has 2 unspecified atom stereocenters. The van der Waals surface area contributed by atoms with E-state index in [9.17, 15) is 5.11 Å². The van der Waals surface area contributed by atoms with Gasteiger partial charge in [0.1, 0.15) is 5.75 Å². The summed E-state index contributed by atoms with van der Waals surface area (Å²) in [5.74, 6) is 1.84. The van der Waals surface area contributed by atoms with Crippen molar-refractivity contribution in [3.05, 3.63) is 29.3 Å². The lowest BCUT2D eigenvalue weighted by atomic mass is 10.0. The molecule has 0 aliphatic carbocycles. The molecule has 2 rings (SSSR count). The molecule has 1 N–H and O–H groups in total. The zero-order valence-electron chi connectivity index (χ0n) is 9.06. The second-order valence-electron chi connectivity index (χ2n) is 3.75. The Morgan fingerprint density at radius 2 is 2.33 bits per heavy atom. The van der Waals surface area contributed by atoms with Gasteiger partial charge in [-0.1, -0.05) is 13.0 Å². The summed E-state index contributed by atoms with van der Waals surface area (Å²) >= 11 is 1.80. The quantitative estimate of drug-likeness (QED) is 0.837. The number of rotatable bonds is 2. The van der Waals surface area contributed by atoms with E-state index in [1.54, 1.807) is 11.8 Å². The molecule has 0 saturated heterocycles. The fraction of sp³-hybridized carbons (Fsp3) is 0.500. The largest absolute Gasteiger partial charge is 0.494 e. The molecule has 0 aromatic heterocycles. The van der Waals surface area contributed by atoms with Gasteiger partial charge in [-0.25, -0.2) is 0 Å². The molecule has 0 bridgehead atoms. The van der Waals surface area contributed by atoms with Gasteiger partial charge in [-0.3, -0.25) is 0 Å². The molecule has 1 heterocycles. The van der Waals surface area contributed by atoms with Crippen molar-refractivity contribution in [2.24, 2.45) is 0 Å². The van der Waals surface area contributed by atoms with Crippen LogP contribution in [0.5, 0.6) is 5.75 Å². The maximum Gasteiger partial charge on any atom is 0.119 e. The molecular formula is C12H16O2S. The molecule has 3 heteroatoms. The van der Waals surface area contributed by atoms with E-state index < -0.39 is 0 Å². The number of aliphatic hydroxyl groups is 1. The van der Waals surface area contributed by atoms with Crippen LogP contribution in [0.4, 0.5) is 0 Å². The van der Waals surface area contributed by atoms with Crippen molar-refractivity contribution >= 4 is 11.8 Å². The van der Waals surface area contributed by atoms with Gasteiger partial charge in [0.05, 0.1) is 12.7 Å². The molecule has 2 atom stereocenters. The standard InChI is InChI=1S/C12H16O2S/c1-3-14-10-5-4-9-7-15-8(2)12(13)11(9)6-10/h4-6,8,12-13H,3,7H2,1-2H3. The molecule has 1 aromatic rings. The Balaban J connectivity index is 2.32. The van der Waals surface area contributed by atoms with E-state index in [0.717, 1.165) is 17.1 Å². The first kappa shape index (κ1) is 10.8. The lowest BCUT2D eigenvalue weighted by Gasteiger charge is -2.27. The van der Waals surface area contributed by atoms with E-state index in [-0.39, 0.29) is 11.4 Å². The summed E-state index contributed by atoms with van der Waals surface area (Å²) in [5.41, 5.74) is 2.27. The average Bonchev–Trinajstić information content (AvgIpc) is 2.25. The van der Waals surface area contributed by atoms with Crippen LogP contribution in [0.3, 0.4) is 0 Å². The molecule has 0 spiro atoms. The zero-order chi connectivity index (χ0) is 10.8. The second-order valence-corrected chi connectivity index (χ2v) is 5.12. The molecule has 0 radical (unpaired) electrons. The Morgan fingerprint density at radius 1 is 1.53 bits per heavy atom. The molecule has 82 valence electrons. The minimum atomic E-state index is -0.362. The Bertz CT molecular complexity index is 351. The number of hydrogen-bond acceptors (Lipinski definition) is 3. The topological polar surface area (TPSA) is 29.5 Å². The van der Waals surface area contributed by atoms with Crippen molar-refractivity contribution in [3.63, 3.8) is 0 Å². The number of thioether (sulfide) groups is 1. The van der Waals surface area contributed by atoms with Crippen molar-refractivity contribution in [2.45, 2.75) is 31.0 Å². The van der Waals surface area contributed by atoms with E-state index in [2.05, 4.69) is 13.0 Å². The lowest BCUT2D eigenvalue weighted by Crippen LogP contribution is -2.18. The minimum absolute atomic E-state index is 0.273. The summed E-state index contributed by atoms with van der Waals surface area (Å²) in [7, 11) is 0. The van der Waals surface area contributed by atoms with E-state index in [4.69, 9.17) is 4.74 Å². The first-order valence-corrected chi connectivity index (χ1v) is 6.32. The molecule has 1 aliphatic heterocycles. The van der Waals surface area contributed by atoms with Gasteiger partial charge < -0.3 is 9.84 Å². The van der Waals surface area contributed by atoms with Crippen LogP contribution < -0.4 is 4.74 Å². The highest BCUT2D eigenvalue weighted by Gasteiger charge is 2.25. The third-order valence-corrected chi connectivity index (χ3v) is 3.95. The summed E-state index contributed by atoms with van der Waals surface area (Å²) in [6.45, 7) is 4.69. The molecule has 1 aliphatic rings. The van der Waals surface area contributed by atoms with Crippen LogP contribution in [0.1, 0.15) is 31.1 Å². The molecule has 0 amide bonds. The van der Waals surface area contributed by atoms with Crippen LogP contribution in [0, 0.1) is 0 Å². The van der Waals surface area contributed by atoms with E-state index in [0.29, 0.717) is 6.61 Å². The van der Waals surface area contributed by atoms with Gasteiger partial charge in [-0.05, 0) is 30.2 Å². The van der Waals surface area contributed by atoms with Gasteiger partial charge in [0.2, 0.25) is 0 Å².